The van der Waals surface area contributed by atoms with Gasteiger partial charge in [0.15, 0.2) is 0 Å². The van der Waals surface area contributed by atoms with Crippen LogP contribution in [0.15, 0.2) is 29.8 Å². The summed E-state index contributed by atoms with van der Waals surface area (Å²) in [4.78, 5) is 14.1. The number of benzene rings is 1. The minimum atomic E-state index is -0.333. The first kappa shape index (κ1) is 16.8. The molecule has 1 amide bonds. The van der Waals surface area contributed by atoms with Gasteiger partial charge in [0.1, 0.15) is 11.6 Å². The van der Waals surface area contributed by atoms with E-state index < -0.39 is 0 Å². The molecule has 1 N–H and O–H groups in total. The molecule has 0 fully saturated rings. The SMILES string of the molecule is CCN(CC)c1ccc(C=C(C#N)C(=O)NC(C)C)cc1. The summed E-state index contributed by atoms with van der Waals surface area (Å²) >= 11 is 0. The molecule has 0 aliphatic rings. The Kier molecular flexibility index (Phi) is 6.48. The first-order chi connectivity index (χ1) is 10.0. The lowest BCUT2D eigenvalue weighted by Gasteiger charge is -2.20. The van der Waals surface area contributed by atoms with Gasteiger partial charge in [0.25, 0.3) is 5.91 Å². The Labute approximate surface area is 127 Å². The monoisotopic (exact) mass is 285 g/mol. The lowest BCUT2D eigenvalue weighted by molar-refractivity contribution is -0.117. The van der Waals surface area contributed by atoms with Crippen molar-refractivity contribution in [2.75, 3.05) is 18.0 Å². The van der Waals surface area contributed by atoms with Crippen LogP contribution in [0, 0.1) is 11.3 Å². The van der Waals surface area contributed by atoms with E-state index >= 15 is 0 Å². The lowest BCUT2D eigenvalue weighted by atomic mass is 10.1. The highest BCUT2D eigenvalue weighted by Gasteiger charge is 2.10. The van der Waals surface area contributed by atoms with E-state index in [4.69, 9.17) is 5.26 Å². The average Bonchev–Trinajstić information content (AvgIpc) is 2.46. The molecule has 0 bridgehead atoms. The van der Waals surface area contributed by atoms with E-state index in [1.54, 1.807) is 6.08 Å². The van der Waals surface area contributed by atoms with Crippen molar-refractivity contribution in [3.8, 4) is 6.07 Å². The van der Waals surface area contributed by atoms with Gasteiger partial charge in [-0.25, -0.2) is 0 Å². The quantitative estimate of drug-likeness (QED) is 0.646. The topological polar surface area (TPSA) is 56.1 Å². The predicted molar refractivity (Wildman–Crippen MR) is 86.9 cm³/mol. The number of anilines is 1. The second kappa shape index (κ2) is 8.11. The molecule has 4 nitrogen and oxygen atoms in total. The lowest BCUT2D eigenvalue weighted by Crippen LogP contribution is -2.30. The number of hydrogen-bond acceptors (Lipinski definition) is 3. The molecule has 21 heavy (non-hydrogen) atoms. The number of nitrogens with zero attached hydrogens (tertiary/aromatic N) is 2. The number of amides is 1. The zero-order valence-electron chi connectivity index (χ0n) is 13.2. The molecule has 1 aromatic rings. The van der Waals surface area contributed by atoms with E-state index in [1.165, 1.54) is 0 Å². The Bertz CT molecular complexity index is 534. The molecule has 0 unspecified atom stereocenters. The molecule has 0 heterocycles. The summed E-state index contributed by atoms with van der Waals surface area (Å²) in [5.74, 6) is -0.333. The minimum Gasteiger partial charge on any atom is -0.372 e. The number of carbonyl (C=O) groups is 1. The molecule has 0 aliphatic carbocycles. The second-order valence-corrected chi connectivity index (χ2v) is 5.06. The fraction of sp³-hybridized carbons (Fsp3) is 0.412. The molecule has 112 valence electrons. The van der Waals surface area contributed by atoms with Gasteiger partial charge in [0.2, 0.25) is 0 Å². The molecular weight excluding hydrogens is 262 g/mol. The fourth-order valence-electron chi connectivity index (χ4n) is 2.03. The summed E-state index contributed by atoms with van der Waals surface area (Å²) in [7, 11) is 0. The third-order valence-corrected chi connectivity index (χ3v) is 3.12. The molecule has 0 aliphatic heterocycles. The van der Waals surface area contributed by atoms with Crippen molar-refractivity contribution in [1.82, 2.24) is 5.32 Å². The van der Waals surface area contributed by atoms with Crippen molar-refractivity contribution in [3.05, 3.63) is 35.4 Å². The number of nitriles is 1. The number of rotatable bonds is 6. The molecule has 0 radical (unpaired) electrons. The highest BCUT2D eigenvalue weighted by atomic mass is 16.1. The summed E-state index contributed by atoms with van der Waals surface area (Å²) in [6.07, 6.45) is 1.61. The van der Waals surface area contributed by atoms with E-state index in [9.17, 15) is 4.79 Å². The van der Waals surface area contributed by atoms with Gasteiger partial charge >= 0.3 is 0 Å². The Balaban J connectivity index is 2.93. The van der Waals surface area contributed by atoms with E-state index in [-0.39, 0.29) is 17.5 Å². The van der Waals surface area contributed by atoms with Crippen molar-refractivity contribution < 1.29 is 4.79 Å². The van der Waals surface area contributed by atoms with Crippen molar-refractivity contribution in [3.63, 3.8) is 0 Å². The minimum absolute atomic E-state index is 0.0132. The molecule has 0 aromatic heterocycles. The van der Waals surface area contributed by atoms with Crippen molar-refractivity contribution in [2.45, 2.75) is 33.7 Å². The highest BCUT2D eigenvalue weighted by molar-refractivity contribution is 6.01. The van der Waals surface area contributed by atoms with E-state index in [2.05, 4.69) is 24.1 Å². The van der Waals surface area contributed by atoms with Gasteiger partial charge < -0.3 is 10.2 Å². The van der Waals surface area contributed by atoms with Crippen LogP contribution < -0.4 is 10.2 Å². The van der Waals surface area contributed by atoms with Crippen molar-refractivity contribution >= 4 is 17.7 Å². The summed E-state index contributed by atoms with van der Waals surface area (Å²) < 4.78 is 0. The zero-order valence-corrected chi connectivity index (χ0v) is 13.2. The molecule has 0 saturated carbocycles. The summed E-state index contributed by atoms with van der Waals surface area (Å²) in [5.41, 5.74) is 2.11. The maximum Gasteiger partial charge on any atom is 0.262 e. The first-order valence-corrected chi connectivity index (χ1v) is 7.29. The molecule has 4 heteroatoms. The molecule has 0 atom stereocenters. The van der Waals surface area contributed by atoms with Gasteiger partial charge in [0.05, 0.1) is 0 Å². The maximum atomic E-state index is 11.8. The third-order valence-electron chi connectivity index (χ3n) is 3.12. The van der Waals surface area contributed by atoms with Crippen molar-refractivity contribution in [2.24, 2.45) is 0 Å². The van der Waals surface area contributed by atoms with Crippen LogP contribution >= 0.6 is 0 Å². The average molecular weight is 285 g/mol. The van der Waals surface area contributed by atoms with Gasteiger partial charge in [-0.15, -0.1) is 0 Å². The van der Waals surface area contributed by atoms with Crippen LogP contribution in [0.1, 0.15) is 33.3 Å². The molecule has 1 rings (SSSR count). The Morgan fingerprint density at radius 2 is 1.86 bits per heavy atom. The summed E-state index contributed by atoms with van der Waals surface area (Å²) in [6, 6.07) is 9.83. The molecule has 0 saturated heterocycles. The van der Waals surface area contributed by atoms with Crippen LogP contribution in [-0.4, -0.2) is 25.0 Å². The number of hydrogen-bond donors (Lipinski definition) is 1. The van der Waals surface area contributed by atoms with E-state index in [1.807, 2.05) is 44.2 Å². The molecule has 0 spiro atoms. The smallest absolute Gasteiger partial charge is 0.262 e. The first-order valence-electron chi connectivity index (χ1n) is 7.29. The molecule has 1 aromatic carbocycles. The summed E-state index contributed by atoms with van der Waals surface area (Å²) in [5, 5.41) is 11.8. The summed E-state index contributed by atoms with van der Waals surface area (Å²) in [6.45, 7) is 9.86. The van der Waals surface area contributed by atoms with Crippen LogP contribution in [0.5, 0.6) is 0 Å². The van der Waals surface area contributed by atoms with Gasteiger partial charge in [0, 0.05) is 24.8 Å². The highest BCUT2D eigenvalue weighted by Crippen LogP contribution is 2.16. The number of carbonyl (C=O) groups excluding carboxylic acids is 1. The van der Waals surface area contributed by atoms with Gasteiger partial charge in [-0.3, -0.25) is 4.79 Å². The van der Waals surface area contributed by atoms with Gasteiger partial charge in [-0.05, 0) is 51.5 Å². The molecular formula is C17H23N3O. The van der Waals surface area contributed by atoms with Gasteiger partial charge in [-0.1, -0.05) is 12.1 Å². The fourth-order valence-corrected chi connectivity index (χ4v) is 2.03. The normalized spacial score (nSPS) is 11.1. The van der Waals surface area contributed by atoms with Crippen LogP contribution in [0.25, 0.3) is 6.08 Å². The largest absolute Gasteiger partial charge is 0.372 e. The van der Waals surface area contributed by atoms with E-state index in [0.717, 1.165) is 24.3 Å². The predicted octanol–water partition coefficient (Wildman–Crippen LogP) is 2.96. The Morgan fingerprint density at radius 1 is 1.29 bits per heavy atom. The van der Waals surface area contributed by atoms with Crippen LogP contribution in [0.2, 0.25) is 0 Å². The van der Waals surface area contributed by atoms with Crippen LogP contribution in [0.3, 0.4) is 0 Å². The van der Waals surface area contributed by atoms with Gasteiger partial charge in [-0.2, -0.15) is 5.26 Å². The standard InChI is InChI=1S/C17H23N3O/c1-5-20(6-2)16-9-7-14(8-10-16)11-15(12-18)17(21)19-13(3)4/h7-11,13H,5-6H2,1-4H3,(H,19,21). The number of nitrogens with one attached hydrogen (secondary N) is 1. The maximum absolute atomic E-state index is 11.8. The Hall–Kier alpha value is -2.28. The Morgan fingerprint density at radius 3 is 2.29 bits per heavy atom. The second-order valence-electron chi connectivity index (χ2n) is 5.06. The third kappa shape index (κ3) is 4.96. The van der Waals surface area contributed by atoms with E-state index in [0.29, 0.717) is 0 Å². The zero-order chi connectivity index (χ0) is 15.8. The van der Waals surface area contributed by atoms with Crippen molar-refractivity contribution in [1.29, 1.82) is 5.26 Å². The van der Waals surface area contributed by atoms with Crippen LogP contribution in [0.4, 0.5) is 5.69 Å². The van der Waals surface area contributed by atoms with Crippen LogP contribution in [-0.2, 0) is 4.79 Å².